The van der Waals surface area contributed by atoms with Gasteiger partial charge in [0.1, 0.15) is 0 Å². The number of rotatable bonds is 7. The summed E-state index contributed by atoms with van der Waals surface area (Å²) < 4.78 is 27.5. The van der Waals surface area contributed by atoms with E-state index in [4.69, 9.17) is 20.9 Å². The summed E-state index contributed by atoms with van der Waals surface area (Å²) in [5.41, 5.74) is 0. The van der Waals surface area contributed by atoms with Crippen LogP contribution in [0.25, 0.3) is 0 Å². The van der Waals surface area contributed by atoms with Crippen molar-refractivity contribution in [2.24, 2.45) is 11.8 Å². The Kier molecular flexibility index (Phi) is 7.33. The van der Waals surface area contributed by atoms with Gasteiger partial charge in [-0.05, 0) is 37.5 Å². The van der Waals surface area contributed by atoms with Crippen LogP contribution in [-0.2, 0) is 17.7 Å². The lowest BCUT2D eigenvalue weighted by Crippen LogP contribution is -2.15. The maximum Gasteiger partial charge on any atom is 0.491 e. The van der Waals surface area contributed by atoms with Crippen molar-refractivity contribution in [1.29, 1.82) is 0 Å². The molecule has 0 N–H and O–H groups in total. The minimum absolute atomic E-state index is 0.425. The van der Waals surface area contributed by atoms with Crippen molar-refractivity contribution in [3.8, 4) is 0 Å². The van der Waals surface area contributed by atoms with Crippen LogP contribution < -0.4 is 0 Å². The zero-order valence-electron chi connectivity index (χ0n) is 12.1. The van der Waals surface area contributed by atoms with Gasteiger partial charge in [-0.2, -0.15) is 4.08 Å². The fraction of sp³-hybridized carbons (Fsp3) is 1.00. The Hall–Kier alpha value is 0.400. The first-order valence-electron chi connectivity index (χ1n) is 7.91. The van der Waals surface area contributed by atoms with Gasteiger partial charge in [-0.3, -0.25) is 9.05 Å². The van der Waals surface area contributed by atoms with E-state index in [-0.39, 0.29) is 0 Å². The number of phosphoric ester groups is 1. The van der Waals surface area contributed by atoms with E-state index in [1.165, 1.54) is 38.5 Å². The Bertz CT molecular complexity index is 288. The van der Waals surface area contributed by atoms with Crippen LogP contribution in [0.4, 0.5) is 0 Å². The largest absolute Gasteiger partial charge is 0.491 e. The van der Waals surface area contributed by atoms with Crippen molar-refractivity contribution in [1.82, 2.24) is 0 Å². The first-order chi connectivity index (χ1) is 9.72. The predicted octanol–water partition coefficient (Wildman–Crippen LogP) is 5.46. The summed E-state index contributed by atoms with van der Waals surface area (Å²) in [7, 11) is -3.57. The van der Waals surface area contributed by atoms with Gasteiger partial charge in [-0.25, -0.2) is 4.57 Å². The Morgan fingerprint density at radius 2 is 1.20 bits per heavy atom. The lowest BCUT2D eigenvalue weighted by molar-refractivity contribution is 0.108. The highest BCUT2D eigenvalue weighted by Gasteiger charge is 2.30. The Balaban J connectivity index is 1.71. The standard InChI is InChI=1S/C14H26ClO4P/c15-19-20(16,17-11-13-7-3-1-4-8-13)18-12-14-9-5-2-6-10-14/h13-14H,1-12H2. The molecule has 0 amide bonds. The average molecular weight is 325 g/mol. The molecule has 6 heteroatoms. The lowest BCUT2D eigenvalue weighted by atomic mass is 9.90. The molecule has 2 fully saturated rings. The highest BCUT2D eigenvalue weighted by Crippen LogP contribution is 2.52. The van der Waals surface area contributed by atoms with Gasteiger partial charge >= 0.3 is 7.82 Å². The average Bonchev–Trinajstić information content (AvgIpc) is 2.53. The minimum atomic E-state index is -3.57. The van der Waals surface area contributed by atoms with E-state index in [1.54, 1.807) is 0 Å². The predicted molar refractivity (Wildman–Crippen MR) is 79.6 cm³/mol. The molecule has 0 spiro atoms. The summed E-state index contributed by atoms with van der Waals surface area (Å²) >= 11 is 5.33. The number of phosphoric acid groups is 1. The van der Waals surface area contributed by atoms with Crippen LogP contribution in [0.5, 0.6) is 0 Å². The molecule has 0 atom stereocenters. The Morgan fingerprint density at radius 1 is 0.800 bits per heavy atom. The summed E-state index contributed by atoms with van der Waals surface area (Å²) in [5, 5.41) is 0. The maximum absolute atomic E-state index is 12.3. The van der Waals surface area contributed by atoms with E-state index in [2.05, 4.69) is 4.08 Å². The van der Waals surface area contributed by atoms with E-state index >= 15 is 0 Å². The first-order valence-corrected chi connectivity index (χ1v) is 9.68. The van der Waals surface area contributed by atoms with E-state index in [0.29, 0.717) is 25.0 Å². The van der Waals surface area contributed by atoms with Crippen LogP contribution in [-0.4, -0.2) is 13.2 Å². The van der Waals surface area contributed by atoms with Crippen molar-refractivity contribution >= 4 is 19.7 Å². The van der Waals surface area contributed by atoms with Gasteiger partial charge in [0.15, 0.2) is 0 Å². The van der Waals surface area contributed by atoms with Crippen LogP contribution in [0, 0.1) is 11.8 Å². The maximum atomic E-state index is 12.3. The van der Waals surface area contributed by atoms with Crippen molar-refractivity contribution in [2.75, 3.05) is 13.2 Å². The quantitative estimate of drug-likeness (QED) is 0.583. The highest BCUT2D eigenvalue weighted by atomic mass is 35.5. The fourth-order valence-electron chi connectivity index (χ4n) is 3.18. The van der Waals surface area contributed by atoms with Crippen LogP contribution >= 0.6 is 19.7 Å². The van der Waals surface area contributed by atoms with Crippen molar-refractivity contribution < 1.29 is 17.7 Å². The third-order valence-corrected chi connectivity index (χ3v) is 6.08. The molecular weight excluding hydrogens is 299 g/mol. The van der Waals surface area contributed by atoms with Gasteiger partial charge in [-0.15, -0.1) is 0 Å². The molecule has 0 aromatic heterocycles. The molecular formula is C14H26ClO4P. The Labute approximate surface area is 127 Å². The first kappa shape index (κ1) is 16.8. The molecule has 4 nitrogen and oxygen atoms in total. The summed E-state index contributed by atoms with van der Waals surface area (Å²) in [4.78, 5) is 0. The van der Waals surface area contributed by atoms with Gasteiger partial charge < -0.3 is 0 Å². The topological polar surface area (TPSA) is 44.8 Å². The molecule has 0 aliphatic heterocycles. The van der Waals surface area contributed by atoms with Crippen LogP contribution in [0.1, 0.15) is 64.2 Å². The molecule has 20 heavy (non-hydrogen) atoms. The zero-order chi connectivity index (χ0) is 14.3. The molecule has 0 aromatic carbocycles. The molecule has 0 bridgehead atoms. The van der Waals surface area contributed by atoms with E-state index in [9.17, 15) is 4.57 Å². The molecule has 0 aromatic rings. The van der Waals surface area contributed by atoms with Gasteiger partial charge in [-0.1, -0.05) is 38.5 Å². The summed E-state index contributed by atoms with van der Waals surface area (Å²) in [6, 6.07) is 0. The van der Waals surface area contributed by atoms with Gasteiger partial charge in [0.05, 0.1) is 25.1 Å². The fourth-order valence-corrected chi connectivity index (χ4v) is 4.36. The van der Waals surface area contributed by atoms with E-state index in [1.807, 2.05) is 0 Å². The molecule has 2 aliphatic carbocycles. The van der Waals surface area contributed by atoms with Gasteiger partial charge in [0.25, 0.3) is 0 Å². The summed E-state index contributed by atoms with van der Waals surface area (Å²) in [5.74, 6) is 0.921. The van der Waals surface area contributed by atoms with Crippen molar-refractivity contribution in [3.05, 3.63) is 0 Å². The number of hydrogen-bond acceptors (Lipinski definition) is 4. The van der Waals surface area contributed by atoms with Crippen LogP contribution in [0.15, 0.2) is 0 Å². The molecule has 118 valence electrons. The van der Waals surface area contributed by atoms with Crippen LogP contribution in [0.3, 0.4) is 0 Å². The highest BCUT2D eigenvalue weighted by molar-refractivity contribution is 7.49. The molecule has 2 rings (SSSR count). The monoisotopic (exact) mass is 324 g/mol. The second kappa shape index (κ2) is 8.75. The second-order valence-electron chi connectivity index (χ2n) is 6.12. The van der Waals surface area contributed by atoms with Gasteiger partial charge in [0, 0.05) is 0 Å². The van der Waals surface area contributed by atoms with Gasteiger partial charge in [0.2, 0.25) is 0 Å². The molecule has 2 saturated carbocycles. The van der Waals surface area contributed by atoms with Crippen molar-refractivity contribution in [2.45, 2.75) is 64.2 Å². The SMILES string of the molecule is O=P(OCl)(OCC1CCCCC1)OCC1CCCCC1. The Morgan fingerprint density at radius 3 is 1.55 bits per heavy atom. The molecule has 0 unspecified atom stereocenters. The van der Waals surface area contributed by atoms with Crippen LogP contribution in [0.2, 0.25) is 0 Å². The smallest absolute Gasteiger partial charge is 0.286 e. The minimum Gasteiger partial charge on any atom is -0.286 e. The lowest BCUT2D eigenvalue weighted by Gasteiger charge is -2.25. The van der Waals surface area contributed by atoms with Crippen molar-refractivity contribution in [3.63, 3.8) is 0 Å². The summed E-state index contributed by atoms with van der Waals surface area (Å²) in [6.45, 7) is 0.851. The number of hydrogen-bond donors (Lipinski definition) is 0. The molecule has 2 aliphatic rings. The molecule has 0 saturated heterocycles. The third-order valence-electron chi connectivity index (χ3n) is 4.47. The van der Waals surface area contributed by atoms with E-state index < -0.39 is 7.82 Å². The molecule has 0 radical (unpaired) electrons. The summed E-state index contributed by atoms with van der Waals surface area (Å²) in [6.07, 6.45) is 12.0. The zero-order valence-corrected chi connectivity index (χ0v) is 13.7. The number of halogens is 1. The molecule has 0 heterocycles. The second-order valence-corrected chi connectivity index (χ2v) is 8.08. The third kappa shape index (κ3) is 5.65. The normalized spacial score (nSPS) is 23.1. The van der Waals surface area contributed by atoms with E-state index in [0.717, 1.165) is 25.7 Å².